The van der Waals surface area contributed by atoms with Gasteiger partial charge in [-0.05, 0) is 39.0 Å². The maximum absolute atomic E-state index is 13.6. The van der Waals surface area contributed by atoms with E-state index < -0.39 is 11.6 Å². The average Bonchev–Trinajstić information content (AvgIpc) is 2.85. The lowest BCUT2D eigenvalue weighted by Gasteiger charge is -2.22. The lowest BCUT2D eigenvalue weighted by molar-refractivity contribution is 0.0989. The molecule has 0 N–H and O–H groups in total. The monoisotopic (exact) mass is 344 g/mol. The normalized spacial score (nSPS) is 11.1. The maximum atomic E-state index is 13.6. The summed E-state index contributed by atoms with van der Waals surface area (Å²) in [4.78, 5) is 19.0. The minimum atomic E-state index is -0.989. The van der Waals surface area contributed by atoms with Gasteiger partial charge in [-0.2, -0.15) is 5.10 Å². The molecule has 0 spiro atoms. The Kier molecular flexibility index (Phi) is 4.24. The topological polar surface area (TPSA) is 51.0 Å². The third kappa shape index (κ3) is 2.86. The van der Waals surface area contributed by atoms with Gasteiger partial charge in [0.1, 0.15) is 0 Å². The maximum Gasteiger partial charge on any atom is 0.259 e. The summed E-state index contributed by atoms with van der Waals surface area (Å²) in [6.45, 7) is 5.70. The average molecular weight is 344 g/mol. The number of aromatic nitrogens is 3. The van der Waals surface area contributed by atoms with Gasteiger partial charge >= 0.3 is 0 Å². The zero-order valence-electron chi connectivity index (χ0n) is 14.5. The minimum Gasteiger partial charge on any atom is -0.309 e. The first-order chi connectivity index (χ1) is 11.8. The van der Waals surface area contributed by atoms with Crippen molar-refractivity contribution in [3.8, 4) is 0 Å². The highest BCUT2D eigenvalue weighted by Crippen LogP contribution is 2.26. The number of amides is 1. The number of aryl methyl sites for hydroxylation is 3. The van der Waals surface area contributed by atoms with E-state index in [0.29, 0.717) is 40.2 Å². The number of anilines is 1. The minimum absolute atomic E-state index is 0.301. The highest BCUT2D eigenvalue weighted by atomic mass is 19.2. The molecule has 0 bridgehead atoms. The van der Waals surface area contributed by atoms with Crippen molar-refractivity contribution < 1.29 is 13.6 Å². The van der Waals surface area contributed by atoms with E-state index in [2.05, 4.69) is 10.1 Å². The summed E-state index contributed by atoms with van der Waals surface area (Å²) in [7, 11) is 1.77. The molecule has 7 heteroatoms. The van der Waals surface area contributed by atoms with Crippen molar-refractivity contribution in [3.63, 3.8) is 0 Å². The van der Waals surface area contributed by atoms with Crippen molar-refractivity contribution in [1.82, 2.24) is 14.8 Å². The molecule has 3 aromatic rings. The van der Waals surface area contributed by atoms with Crippen LogP contribution in [0, 0.1) is 25.5 Å². The van der Waals surface area contributed by atoms with Crippen LogP contribution in [-0.2, 0) is 7.05 Å². The number of carbonyl (C=O) groups is 1. The molecule has 2 aromatic heterocycles. The Labute approximate surface area is 143 Å². The molecule has 0 saturated heterocycles. The van der Waals surface area contributed by atoms with Gasteiger partial charge in [0.2, 0.25) is 0 Å². The Morgan fingerprint density at radius 3 is 2.56 bits per heavy atom. The number of rotatable bonds is 3. The highest BCUT2D eigenvalue weighted by molar-refractivity contribution is 6.13. The van der Waals surface area contributed by atoms with Crippen LogP contribution < -0.4 is 4.90 Å². The fourth-order valence-electron chi connectivity index (χ4n) is 2.98. The lowest BCUT2D eigenvalue weighted by Crippen LogP contribution is -2.31. The molecule has 25 heavy (non-hydrogen) atoms. The Morgan fingerprint density at radius 2 is 1.92 bits per heavy atom. The summed E-state index contributed by atoms with van der Waals surface area (Å²) in [6.07, 6.45) is 0. The van der Waals surface area contributed by atoms with Gasteiger partial charge in [-0.3, -0.25) is 9.48 Å². The molecule has 0 fully saturated rings. The number of fused-ring (bicyclic) bond motifs is 1. The Bertz CT molecular complexity index is 981. The molecule has 0 atom stereocenters. The second-order valence-electron chi connectivity index (χ2n) is 5.87. The van der Waals surface area contributed by atoms with Crippen LogP contribution in [0.5, 0.6) is 0 Å². The summed E-state index contributed by atoms with van der Waals surface area (Å²) in [5, 5.41) is 5.00. The molecule has 0 aliphatic rings. The number of nitrogens with zero attached hydrogens (tertiary/aromatic N) is 4. The van der Waals surface area contributed by atoms with Gasteiger partial charge in [-0.15, -0.1) is 0 Å². The van der Waals surface area contributed by atoms with Gasteiger partial charge in [-0.25, -0.2) is 13.8 Å². The van der Waals surface area contributed by atoms with E-state index in [0.717, 1.165) is 12.1 Å². The number of pyridine rings is 1. The zero-order chi connectivity index (χ0) is 18.3. The SMILES string of the molecule is CCN(C(=O)c1cc(C)nc2c1c(C)nn2C)c1ccc(F)c(F)c1. The largest absolute Gasteiger partial charge is 0.309 e. The van der Waals surface area contributed by atoms with Gasteiger partial charge in [0.25, 0.3) is 5.91 Å². The Morgan fingerprint density at radius 1 is 1.20 bits per heavy atom. The highest BCUT2D eigenvalue weighted by Gasteiger charge is 2.23. The molecule has 0 saturated carbocycles. The summed E-state index contributed by atoms with van der Waals surface area (Å²) >= 11 is 0. The van der Waals surface area contributed by atoms with Crippen LogP contribution in [0.15, 0.2) is 24.3 Å². The number of halogens is 2. The van der Waals surface area contributed by atoms with Crippen LogP contribution in [0.3, 0.4) is 0 Å². The van der Waals surface area contributed by atoms with Crippen LogP contribution in [0.4, 0.5) is 14.5 Å². The standard InChI is InChI=1S/C18H18F2N4O/c1-5-24(12-6-7-14(19)15(20)9-12)18(25)13-8-10(2)21-17-16(13)11(3)22-23(17)4/h6-9H,5H2,1-4H3. The van der Waals surface area contributed by atoms with Crippen LogP contribution in [0.2, 0.25) is 0 Å². The fourth-order valence-corrected chi connectivity index (χ4v) is 2.98. The van der Waals surface area contributed by atoms with Crippen molar-refractivity contribution in [2.75, 3.05) is 11.4 Å². The molecular weight excluding hydrogens is 326 g/mol. The van der Waals surface area contributed by atoms with Crippen LogP contribution >= 0.6 is 0 Å². The molecule has 1 aromatic carbocycles. The smallest absolute Gasteiger partial charge is 0.259 e. The predicted octanol–water partition coefficient (Wildman–Crippen LogP) is 3.53. The summed E-state index contributed by atoms with van der Waals surface area (Å²) in [5.74, 6) is -2.24. The van der Waals surface area contributed by atoms with Crippen LogP contribution in [0.1, 0.15) is 28.7 Å². The van der Waals surface area contributed by atoms with Crippen molar-refractivity contribution >= 4 is 22.6 Å². The van der Waals surface area contributed by atoms with E-state index in [1.54, 1.807) is 31.6 Å². The van der Waals surface area contributed by atoms with Crippen molar-refractivity contribution in [1.29, 1.82) is 0 Å². The third-order valence-electron chi connectivity index (χ3n) is 4.10. The number of hydrogen-bond donors (Lipinski definition) is 0. The molecule has 0 aliphatic carbocycles. The fraction of sp³-hybridized carbons (Fsp3) is 0.278. The first-order valence-electron chi connectivity index (χ1n) is 7.91. The van der Waals surface area contributed by atoms with Gasteiger partial charge in [-0.1, -0.05) is 0 Å². The van der Waals surface area contributed by atoms with Crippen LogP contribution in [-0.4, -0.2) is 27.2 Å². The molecule has 0 aliphatic heterocycles. The van der Waals surface area contributed by atoms with E-state index in [1.165, 1.54) is 11.0 Å². The number of hydrogen-bond acceptors (Lipinski definition) is 3. The second kappa shape index (κ2) is 6.23. The van der Waals surface area contributed by atoms with E-state index >= 15 is 0 Å². The summed E-state index contributed by atoms with van der Waals surface area (Å²) in [6, 6.07) is 5.13. The molecule has 130 valence electrons. The van der Waals surface area contributed by atoms with Gasteiger partial charge in [0, 0.05) is 31.0 Å². The van der Waals surface area contributed by atoms with E-state index in [-0.39, 0.29) is 5.91 Å². The molecular formula is C18H18F2N4O. The first kappa shape index (κ1) is 17.0. The first-order valence-corrected chi connectivity index (χ1v) is 7.91. The molecule has 5 nitrogen and oxygen atoms in total. The molecule has 1 amide bonds. The Hall–Kier alpha value is -2.83. The van der Waals surface area contributed by atoms with Crippen molar-refractivity contribution in [2.24, 2.45) is 7.05 Å². The van der Waals surface area contributed by atoms with Crippen molar-refractivity contribution in [3.05, 3.63) is 52.9 Å². The van der Waals surface area contributed by atoms with E-state index in [4.69, 9.17) is 0 Å². The summed E-state index contributed by atoms with van der Waals surface area (Å²) in [5.41, 5.74) is 2.73. The summed E-state index contributed by atoms with van der Waals surface area (Å²) < 4.78 is 28.4. The second-order valence-corrected chi connectivity index (χ2v) is 5.87. The van der Waals surface area contributed by atoms with Gasteiger partial charge in [0.15, 0.2) is 17.3 Å². The number of carbonyl (C=O) groups excluding carboxylic acids is 1. The molecule has 3 rings (SSSR count). The van der Waals surface area contributed by atoms with Crippen molar-refractivity contribution in [2.45, 2.75) is 20.8 Å². The lowest BCUT2D eigenvalue weighted by atomic mass is 10.1. The Balaban J connectivity index is 2.16. The molecule has 2 heterocycles. The predicted molar refractivity (Wildman–Crippen MR) is 91.7 cm³/mol. The third-order valence-corrected chi connectivity index (χ3v) is 4.10. The molecule has 0 radical (unpaired) electrons. The van der Waals surface area contributed by atoms with Gasteiger partial charge < -0.3 is 4.90 Å². The zero-order valence-corrected chi connectivity index (χ0v) is 14.5. The van der Waals surface area contributed by atoms with Crippen LogP contribution in [0.25, 0.3) is 11.0 Å². The quantitative estimate of drug-likeness (QED) is 0.730. The van der Waals surface area contributed by atoms with E-state index in [1.807, 2.05) is 6.92 Å². The molecule has 0 unspecified atom stereocenters. The van der Waals surface area contributed by atoms with Gasteiger partial charge in [0.05, 0.1) is 16.6 Å². The number of benzene rings is 1. The van der Waals surface area contributed by atoms with E-state index in [9.17, 15) is 13.6 Å².